The van der Waals surface area contributed by atoms with Gasteiger partial charge in [0.05, 0.1) is 0 Å². The van der Waals surface area contributed by atoms with Gasteiger partial charge in [-0.25, -0.2) is 0 Å². The number of carbonyl (C=O) groups excluding carboxylic acids is 1. The van der Waals surface area contributed by atoms with Gasteiger partial charge in [0.2, 0.25) is 0 Å². The molecule has 130 valence electrons. The maximum absolute atomic E-state index is 12.2. The molecule has 0 fully saturated rings. The van der Waals surface area contributed by atoms with Crippen molar-refractivity contribution in [2.45, 2.75) is 33.0 Å². The van der Waals surface area contributed by atoms with Gasteiger partial charge in [0.1, 0.15) is 0 Å². The molecule has 0 unspecified atom stereocenters. The molecule has 0 saturated carbocycles. The highest BCUT2D eigenvalue weighted by Crippen LogP contribution is 2.13. The maximum Gasteiger partial charge on any atom is 0.251 e. The molecule has 1 amide bonds. The molecule has 2 rings (SSSR count). The normalized spacial score (nSPS) is 10.5. The van der Waals surface area contributed by atoms with E-state index in [0.717, 1.165) is 12.1 Å². The van der Waals surface area contributed by atoms with Crippen molar-refractivity contribution in [1.29, 1.82) is 0 Å². The Labute approximate surface area is 150 Å². The van der Waals surface area contributed by atoms with Crippen LogP contribution in [0.5, 0.6) is 0 Å². The van der Waals surface area contributed by atoms with Gasteiger partial charge in [0.25, 0.3) is 5.91 Å². The molecule has 0 aliphatic carbocycles. The summed E-state index contributed by atoms with van der Waals surface area (Å²) in [7, 11) is 2.11. The van der Waals surface area contributed by atoms with Gasteiger partial charge in [-0.15, -0.1) is 12.4 Å². The third-order valence-electron chi connectivity index (χ3n) is 4.03. The first-order valence-electron chi connectivity index (χ1n) is 7.88. The van der Waals surface area contributed by atoms with Crippen molar-refractivity contribution in [2.75, 3.05) is 12.8 Å². The summed E-state index contributed by atoms with van der Waals surface area (Å²) in [4.78, 5) is 14.5. The van der Waals surface area contributed by atoms with Gasteiger partial charge in [-0.05, 0) is 56.3 Å². The van der Waals surface area contributed by atoms with E-state index >= 15 is 0 Å². The molecule has 0 spiro atoms. The Morgan fingerprint density at radius 1 is 1.08 bits per heavy atom. The summed E-state index contributed by atoms with van der Waals surface area (Å²) < 4.78 is 0. The minimum absolute atomic E-state index is 0. The van der Waals surface area contributed by atoms with Crippen LogP contribution in [0.4, 0.5) is 5.69 Å². The first kappa shape index (κ1) is 20.0. The first-order valence-corrected chi connectivity index (χ1v) is 7.88. The van der Waals surface area contributed by atoms with Crippen molar-refractivity contribution >= 4 is 24.0 Å². The molecule has 2 aromatic rings. The SMILES string of the molecule is CC(C)N(C)Cc1ccccc1CNC(=O)c1ccc(N)cc1.Cl. The molecule has 0 aromatic heterocycles. The van der Waals surface area contributed by atoms with Gasteiger partial charge < -0.3 is 11.1 Å². The average Bonchev–Trinajstić information content (AvgIpc) is 2.54. The number of hydrogen-bond acceptors (Lipinski definition) is 3. The van der Waals surface area contributed by atoms with Crippen molar-refractivity contribution in [3.8, 4) is 0 Å². The molecule has 0 radical (unpaired) electrons. The monoisotopic (exact) mass is 347 g/mol. The third-order valence-corrected chi connectivity index (χ3v) is 4.03. The van der Waals surface area contributed by atoms with Crippen LogP contribution >= 0.6 is 12.4 Å². The van der Waals surface area contributed by atoms with Crippen molar-refractivity contribution in [2.24, 2.45) is 0 Å². The van der Waals surface area contributed by atoms with Crippen molar-refractivity contribution in [3.63, 3.8) is 0 Å². The highest BCUT2D eigenvalue weighted by Gasteiger charge is 2.10. The molecule has 4 nitrogen and oxygen atoms in total. The third kappa shape index (κ3) is 5.55. The number of halogens is 1. The molecule has 0 bridgehead atoms. The van der Waals surface area contributed by atoms with Gasteiger partial charge >= 0.3 is 0 Å². The lowest BCUT2D eigenvalue weighted by Crippen LogP contribution is -2.27. The number of amides is 1. The standard InChI is InChI=1S/C19H25N3O.ClH/c1-14(2)22(3)13-17-7-5-4-6-16(17)12-21-19(23)15-8-10-18(20)11-9-15;/h4-11,14H,12-13,20H2,1-3H3,(H,21,23);1H. The predicted octanol–water partition coefficient (Wildman–Crippen LogP) is 3.46. The van der Waals surface area contributed by atoms with Crippen LogP contribution in [-0.4, -0.2) is 23.9 Å². The fourth-order valence-corrected chi connectivity index (χ4v) is 2.25. The van der Waals surface area contributed by atoms with Gasteiger partial charge in [0.15, 0.2) is 0 Å². The molecule has 0 atom stereocenters. The fraction of sp³-hybridized carbons (Fsp3) is 0.316. The topological polar surface area (TPSA) is 58.4 Å². The highest BCUT2D eigenvalue weighted by atomic mass is 35.5. The summed E-state index contributed by atoms with van der Waals surface area (Å²) in [6.07, 6.45) is 0. The summed E-state index contributed by atoms with van der Waals surface area (Å²) >= 11 is 0. The quantitative estimate of drug-likeness (QED) is 0.787. The van der Waals surface area contributed by atoms with Gasteiger partial charge in [0, 0.05) is 30.4 Å². The predicted molar refractivity (Wildman–Crippen MR) is 102 cm³/mol. The lowest BCUT2D eigenvalue weighted by molar-refractivity contribution is 0.0950. The van der Waals surface area contributed by atoms with Crippen LogP contribution in [0.1, 0.15) is 35.3 Å². The first-order chi connectivity index (χ1) is 11.0. The number of nitrogens with one attached hydrogen (secondary N) is 1. The van der Waals surface area contributed by atoms with Gasteiger partial charge in [-0.3, -0.25) is 9.69 Å². The van der Waals surface area contributed by atoms with Crippen LogP contribution in [0.2, 0.25) is 0 Å². The molecule has 3 N–H and O–H groups in total. The summed E-state index contributed by atoms with van der Waals surface area (Å²) in [5.74, 6) is -0.0861. The van der Waals surface area contributed by atoms with E-state index in [2.05, 4.69) is 43.2 Å². The van der Waals surface area contributed by atoms with E-state index in [1.165, 1.54) is 5.56 Å². The number of carbonyl (C=O) groups is 1. The molecular weight excluding hydrogens is 322 g/mol. The molecule has 24 heavy (non-hydrogen) atoms. The zero-order valence-corrected chi connectivity index (χ0v) is 15.3. The van der Waals surface area contributed by atoms with Crippen LogP contribution in [-0.2, 0) is 13.1 Å². The van der Waals surface area contributed by atoms with E-state index in [9.17, 15) is 4.79 Å². The van der Waals surface area contributed by atoms with Crippen LogP contribution in [0, 0.1) is 0 Å². The second kappa shape index (κ2) is 9.30. The number of nitrogens with two attached hydrogens (primary N) is 1. The van der Waals surface area contributed by atoms with Crippen LogP contribution in [0.15, 0.2) is 48.5 Å². The van der Waals surface area contributed by atoms with E-state index in [1.807, 2.05) is 12.1 Å². The minimum atomic E-state index is -0.0861. The Kier molecular flexibility index (Phi) is 7.75. The van der Waals surface area contributed by atoms with Gasteiger partial charge in [-0.1, -0.05) is 24.3 Å². The number of benzene rings is 2. The molecule has 0 aliphatic rings. The average molecular weight is 348 g/mol. The lowest BCUT2D eigenvalue weighted by Gasteiger charge is -2.22. The highest BCUT2D eigenvalue weighted by molar-refractivity contribution is 5.94. The minimum Gasteiger partial charge on any atom is -0.399 e. The van der Waals surface area contributed by atoms with Crippen molar-refractivity contribution in [3.05, 3.63) is 65.2 Å². The second-order valence-corrected chi connectivity index (χ2v) is 6.08. The molecule has 5 heteroatoms. The van der Waals surface area contributed by atoms with Crippen molar-refractivity contribution in [1.82, 2.24) is 10.2 Å². The van der Waals surface area contributed by atoms with E-state index in [-0.39, 0.29) is 18.3 Å². The van der Waals surface area contributed by atoms with Crippen LogP contribution < -0.4 is 11.1 Å². The summed E-state index contributed by atoms with van der Waals surface area (Å²) in [5, 5.41) is 2.98. The van der Waals surface area contributed by atoms with E-state index < -0.39 is 0 Å². The Balaban J connectivity index is 0.00000288. The number of hydrogen-bond donors (Lipinski definition) is 2. The van der Waals surface area contributed by atoms with E-state index in [0.29, 0.717) is 23.8 Å². The molecular formula is C19H26ClN3O. The number of anilines is 1. The summed E-state index contributed by atoms with van der Waals surface area (Å²) in [6, 6.07) is 15.6. The van der Waals surface area contributed by atoms with E-state index in [1.54, 1.807) is 24.3 Å². The number of nitrogens with zero attached hydrogens (tertiary/aromatic N) is 1. The van der Waals surface area contributed by atoms with Crippen LogP contribution in [0.25, 0.3) is 0 Å². The number of nitrogen functional groups attached to an aromatic ring is 1. The molecule has 2 aromatic carbocycles. The summed E-state index contributed by atoms with van der Waals surface area (Å²) in [5.41, 5.74) is 9.30. The van der Waals surface area contributed by atoms with E-state index in [4.69, 9.17) is 5.73 Å². The second-order valence-electron chi connectivity index (χ2n) is 6.08. The number of rotatable bonds is 6. The van der Waals surface area contributed by atoms with Crippen LogP contribution in [0.3, 0.4) is 0 Å². The molecule has 0 aliphatic heterocycles. The smallest absolute Gasteiger partial charge is 0.251 e. The summed E-state index contributed by atoms with van der Waals surface area (Å²) in [6.45, 7) is 5.73. The Morgan fingerprint density at radius 3 is 2.25 bits per heavy atom. The zero-order chi connectivity index (χ0) is 16.8. The molecule has 0 saturated heterocycles. The lowest BCUT2D eigenvalue weighted by atomic mass is 10.1. The van der Waals surface area contributed by atoms with Crippen molar-refractivity contribution < 1.29 is 4.79 Å². The van der Waals surface area contributed by atoms with Gasteiger partial charge in [-0.2, -0.15) is 0 Å². The zero-order valence-electron chi connectivity index (χ0n) is 14.5. The Bertz CT molecular complexity index is 656. The fourth-order valence-electron chi connectivity index (χ4n) is 2.25. The molecule has 0 heterocycles. The maximum atomic E-state index is 12.2. The Morgan fingerprint density at radius 2 is 1.67 bits per heavy atom. The Hall–Kier alpha value is -2.04. The largest absolute Gasteiger partial charge is 0.399 e.